The summed E-state index contributed by atoms with van der Waals surface area (Å²) in [6.07, 6.45) is 4.89. The van der Waals surface area contributed by atoms with Gasteiger partial charge in [0, 0.05) is 18.7 Å². The molecule has 0 aromatic rings. The van der Waals surface area contributed by atoms with E-state index in [-0.39, 0.29) is 5.60 Å². The highest BCUT2D eigenvalue weighted by Crippen LogP contribution is 2.33. The monoisotopic (exact) mass is 197 g/mol. The van der Waals surface area contributed by atoms with Crippen LogP contribution in [-0.2, 0) is 4.74 Å². The molecular formula is C12H23NO. The molecule has 14 heavy (non-hydrogen) atoms. The molecule has 4 atom stereocenters. The number of rotatable bonds is 3. The zero-order valence-electron chi connectivity index (χ0n) is 9.68. The molecule has 0 aromatic heterocycles. The second-order valence-corrected chi connectivity index (χ2v) is 5.33. The number of ether oxygens (including phenoxy) is 1. The van der Waals surface area contributed by atoms with Crippen LogP contribution in [0.25, 0.3) is 0 Å². The van der Waals surface area contributed by atoms with Crippen molar-refractivity contribution in [3.8, 4) is 0 Å². The van der Waals surface area contributed by atoms with Gasteiger partial charge in [0.05, 0.1) is 5.60 Å². The Kier molecular flexibility index (Phi) is 2.85. The fourth-order valence-electron chi connectivity index (χ4n) is 2.38. The minimum Gasteiger partial charge on any atom is -0.375 e. The van der Waals surface area contributed by atoms with Gasteiger partial charge in [0.25, 0.3) is 0 Å². The zero-order valence-corrected chi connectivity index (χ0v) is 9.68. The van der Waals surface area contributed by atoms with Gasteiger partial charge in [-0.3, -0.25) is 0 Å². The van der Waals surface area contributed by atoms with E-state index >= 15 is 0 Å². The van der Waals surface area contributed by atoms with Gasteiger partial charge >= 0.3 is 0 Å². The first-order valence-corrected chi connectivity index (χ1v) is 6.03. The van der Waals surface area contributed by atoms with E-state index < -0.39 is 0 Å². The summed E-state index contributed by atoms with van der Waals surface area (Å²) in [5.41, 5.74) is 0.133. The average Bonchev–Trinajstić information content (AvgIpc) is 2.82. The SMILES string of the molecule is CCC1(C)CC(NC2CC2C)CCO1. The van der Waals surface area contributed by atoms with Crippen LogP contribution in [0.15, 0.2) is 0 Å². The van der Waals surface area contributed by atoms with Crippen molar-refractivity contribution in [1.82, 2.24) is 5.32 Å². The van der Waals surface area contributed by atoms with E-state index in [4.69, 9.17) is 4.74 Å². The second-order valence-electron chi connectivity index (χ2n) is 5.33. The molecule has 1 N–H and O–H groups in total. The average molecular weight is 197 g/mol. The van der Waals surface area contributed by atoms with E-state index in [0.29, 0.717) is 6.04 Å². The summed E-state index contributed by atoms with van der Waals surface area (Å²) in [6.45, 7) is 7.73. The molecule has 2 fully saturated rings. The largest absolute Gasteiger partial charge is 0.375 e. The van der Waals surface area contributed by atoms with Crippen LogP contribution >= 0.6 is 0 Å². The Labute approximate surface area is 87.4 Å². The van der Waals surface area contributed by atoms with Gasteiger partial charge in [0.1, 0.15) is 0 Å². The molecule has 0 spiro atoms. The van der Waals surface area contributed by atoms with Crippen LogP contribution in [0.2, 0.25) is 0 Å². The van der Waals surface area contributed by atoms with Gasteiger partial charge in [-0.2, -0.15) is 0 Å². The maximum Gasteiger partial charge on any atom is 0.0666 e. The van der Waals surface area contributed by atoms with Crippen LogP contribution in [0.3, 0.4) is 0 Å². The van der Waals surface area contributed by atoms with Crippen molar-refractivity contribution >= 4 is 0 Å². The summed E-state index contributed by atoms with van der Waals surface area (Å²) < 4.78 is 5.83. The van der Waals surface area contributed by atoms with E-state index in [1.54, 1.807) is 0 Å². The van der Waals surface area contributed by atoms with E-state index in [9.17, 15) is 0 Å². The lowest BCUT2D eigenvalue weighted by atomic mass is 9.90. The molecule has 4 unspecified atom stereocenters. The van der Waals surface area contributed by atoms with E-state index in [1.807, 2.05) is 0 Å². The summed E-state index contributed by atoms with van der Waals surface area (Å²) in [4.78, 5) is 0. The predicted molar refractivity (Wildman–Crippen MR) is 58.4 cm³/mol. The maximum absolute atomic E-state index is 5.83. The van der Waals surface area contributed by atoms with E-state index in [2.05, 4.69) is 26.1 Å². The molecule has 0 aromatic carbocycles. The molecule has 1 saturated carbocycles. The number of hydrogen-bond acceptors (Lipinski definition) is 2. The highest BCUT2D eigenvalue weighted by Gasteiger charge is 2.38. The molecule has 1 aliphatic carbocycles. The minimum atomic E-state index is 0.133. The fraction of sp³-hybridized carbons (Fsp3) is 1.00. The molecule has 2 aliphatic rings. The smallest absolute Gasteiger partial charge is 0.0666 e. The van der Waals surface area contributed by atoms with Gasteiger partial charge in [-0.05, 0) is 38.5 Å². The Balaban J connectivity index is 1.81. The number of nitrogens with one attached hydrogen (secondary N) is 1. The Bertz CT molecular complexity index is 206. The van der Waals surface area contributed by atoms with Gasteiger partial charge < -0.3 is 10.1 Å². The minimum absolute atomic E-state index is 0.133. The molecule has 2 nitrogen and oxygen atoms in total. The topological polar surface area (TPSA) is 21.3 Å². The van der Waals surface area contributed by atoms with Gasteiger partial charge in [-0.25, -0.2) is 0 Å². The molecule has 1 saturated heterocycles. The first kappa shape index (κ1) is 10.4. The normalized spacial score (nSPS) is 47.8. The molecule has 2 heteroatoms. The Hall–Kier alpha value is -0.0800. The third kappa shape index (κ3) is 2.29. The Morgan fingerprint density at radius 3 is 2.79 bits per heavy atom. The Morgan fingerprint density at radius 1 is 1.50 bits per heavy atom. The summed E-state index contributed by atoms with van der Waals surface area (Å²) in [6, 6.07) is 1.50. The first-order chi connectivity index (χ1) is 6.63. The highest BCUT2D eigenvalue weighted by atomic mass is 16.5. The van der Waals surface area contributed by atoms with Crippen LogP contribution in [-0.4, -0.2) is 24.3 Å². The molecule has 2 rings (SSSR count). The quantitative estimate of drug-likeness (QED) is 0.750. The summed E-state index contributed by atoms with van der Waals surface area (Å²) in [7, 11) is 0. The fourth-order valence-corrected chi connectivity index (χ4v) is 2.38. The predicted octanol–water partition coefficient (Wildman–Crippen LogP) is 2.33. The molecule has 1 aliphatic heterocycles. The van der Waals surface area contributed by atoms with Crippen LogP contribution < -0.4 is 5.32 Å². The zero-order chi connectivity index (χ0) is 10.2. The lowest BCUT2D eigenvalue weighted by Gasteiger charge is -2.38. The number of hydrogen-bond donors (Lipinski definition) is 1. The van der Waals surface area contributed by atoms with E-state index in [0.717, 1.165) is 25.0 Å². The van der Waals surface area contributed by atoms with Crippen LogP contribution in [0.5, 0.6) is 0 Å². The van der Waals surface area contributed by atoms with Crippen LogP contribution in [0.1, 0.15) is 46.5 Å². The third-order valence-corrected chi connectivity index (χ3v) is 3.90. The summed E-state index contributed by atoms with van der Waals surface area (Å²) >= 11 is 0. The van der Waals surface area contributed by atoms with Crippen molar-refractivity contribution in [2.24, 2.45) is 5.92 Å². The van der Waals surface area contributed by atoms with Gasteiger partial charge in [-0.1, -0.05) is 13.8 Å². The highest BCUT2D eigenvalue weighted by molar-refractivity contribution is 4.95. The lowest BCUT2D eigenvalue weighted by molar-refractivity contribution is -0.0782. The van der Waals surface area contributed by atoms with Gasteiger partial charge in [0.15, 0.2) is 0 Å². The van der Waals surface area contributed by atoms with Gasteiger partial charge in [-0.15, -0.1) is 0 Å². The van der Waals surface area contributed by atoms with E-state index in [1.165, 1.54) is 19.3 Å². The summed E-state index contributed by atoms with van der Waals surface area (Å²) in [5.74, 6) is 0.908. The second kappa shape index (κ2) is 3.82. The standard InChI is InChI=1S/C12H23NO/c1-4-12(3)8-10(5-6-14-12)13-11-7-9(11)2/h9-11,13H,4-8H2,1-3H3. The van der Waals surface area contributed by atoms with Crippen molar-refractivity contribution in [3.05, 3.63) is 0 Å². The van der Waals surface area contributed by atoms with Gasteiger partial charge in [0.2, 0.25) is 0 Å². The Morgan fingerprint density at radius 2 is 2.21 bits per heavy atom. The summed E-state index contributed by atoms with van der Waals surface area (Å²) in [5, 5.41) is 3.75. The maximum atomic E-state index is 5.83. The van der Waals surface area contributed by atoms with Crippen LogP contribution in [0.4, 0.5) is 0 Å². The van der Waals surface area contributed by atoms with Crippen molar-refractivity contribution in [2.75, 3.05) is 6.61 Å². The van der Waals surface area contributed by atoms with Crippen LogP contribution in [0, 0.1) is 5.92 Å². The van der Waals surface area contributed by atoms with Crippen molar-refractivity contribution in [2.45, 2.75) is 64.1 Å². The molecule has 0 bridgehead atoms. The third-order valence-electron chi connectivity index (χ3n) is 3.90. The van der Waals surface area contributed by atoms with Crippen molar-refractivity contribution in [3.63, 3.8) is 0 Å². The lowest BCUT2D eigenvalue weighted by Crippen LogP contribution is -2.45. The molecule has 0 radical (unpaired) electrons. The van der Waals surface area contributed by atoms with Crippen molar-refractivity contribution in [1.29, 1.82) is 0 Å². The van der Waals surface area contributed by atoms with Crippen molar-refractivity contribution < 1.29 is 4.74 Å². The first-order valence-electron chi connectivity index (χ1n) is 6.03. The molecule has 0 amide bonds. The molecular weight excluding hydrogens is 174 g/mol. The molecule has 82 valence electrons. The molecule has 1 heterocycles.